The lowest BCUT2D eigenvalue weighted by Crippen LogP contribution is -2.06. The first kappa shape index (κ1) is 14.4. The lowest BCUT2D eigenvalue weighted by molar-refractivity contribution is 0.161. The summed E-state index contributed by atoms with van der Waals surface area (Å²) in [4.78, 5) is 4.25. The molecule has 1 unspecified atom stereocenters. The first-order valence-corrected chi connectivity index (χ1v) is 6.52. The zero-order valence-electron chi connectivity index (χ0n) is 12.0. The molecular formula is C15H20N2O3. The van der Waals surface area contributed by atoms with Crippen molar-refractivity contribution in [3.63, 3.8) is 0 Å². The second-order valence-corrected chi connectivity index (χ2v) is 4.59. The van der Waals surface area contributed by atoms with Crippen LogP contribution in [-0.2, 0) is 13.5 Å². The Hall–Kier alpha value is -2.01. The fourth-order valence-corrected chi connectivity index (χ4v) is 2.23. The van der Waals surface area contributed by atoms with Gasteiger partial charge in [0.25, 0.3) is 0 Å². The minimum Gasteiger partial charge on any atom is -0.493 e. The van der Waals surface area contributed by atoms with Gasteiger partial charge in [0.15, 0.2) is 11.5 Å². The van der Waals surface area contributed by atoms with Crippen molar-refractivity contribution in [2.24, 2.45) is 7.05 Å². The monoisotopic (exact) mass is 276 g/mol. The third-order valence-corrected chi connectivity index (χ3v) is 3.35. The Bertz CT molecular complexity index is 566. The standard InChI is InChI=1S/C15H20N2O3/c1-17-10-9-16-14(17)8-7-12(18)11-5-4-6-13(19-2)15(11)20-3/h4-6,9-10,12,18H,7-8H2,1-3H3. The molecule has 0 radical (unpaired) electrons. The van der Waals surface area contributed by atoms with Crippen LogP contribution in [0.25, 0.3) is 0 Å². The number of rotatable bonds is 6. The van der Waals surface area contributed by atoms with Crippen molar-refractivity contribution in [2.75, 3.05) is 14.2 Å². The molecule has 20 heavy (non-hydrogen) atoms. The molecule has 0 amide bonds. The third-order valence-electron chi connectivity index (χ3n) is 3.35. The minimum absolute atomic E-state index is 0.578. The van der Waals surface area contributed by atoms with E-state index >= 15 is 0 Å². The number of aliphatic hydroxyl groups is 1. The van der Waals surface area contributed by atoms with E-state index in [1.165, 1.54) is 0 Å². The number of hydrogen-bond donors (Lipinski definition) is 1. The quantitative estimate of drug-likeness (QED) is 0.878. The largest absolute Gasteiger partial charge is 0.493 e. The lowest BCUT2D eigenvalue weighted by atomic mass is 10.0. The zero-order valence-corrected chi connectivity index (χ0v) is 12.0. The Morgan fingerprint density at radius 2 is 2.10 bits per heavy atom. The highest BCUT2D eigenvalue weighted by Gasteiger charge is 2.17. The van der Waals surface area contributed by atoms with Gasteiger partial charge in [-0.25, -0.2) is 4.98 Å². The van der Waals surface area contributed by atoms with Gasteiger partial charge in [-0.05, 0) is 12.5 Å². The molecule has 1 heterocycles. The van der Waals surface area contributed by atoms with Gasteiger partial charge in [0.05, 0.1) is 20.3 Å². The molecule has 2 aromatic rings. The van der Waals surface area contributed by atoms with Crippen LogP contribution in [0.15, 0.2) is 30.6 Å². The van der Waals surface area contributed by atoms with Gasteiger partial charge in [-0.2, -0.15) is 0 Å². The molecule has 0 aliphatic carbocycles. The fraction of sp³-hybridized carbons (Fsp3) is 0.400. The van der Waals surface area contributed by atoms with Crippen molar-refractivity contribution in [1.29, 1.82) is 0 Å². The van der Waals surface area contributed by atoms with Crippen molar-refractivity contribution in [1.82, 2.24) is 9.55 Å². The molecule has 1 aromatic carbocycles. The number of aliphatic hydroxyl groups excluding tert-OH is 1. The van der Waals surface area contributed by atoms with Crippen molar-refractivity contribution >= 4 is 0 Å². The number of imidazole rings is 1. The van der Waals surface area contributed by atoms with Crippen LogP contribution < -0.4 is 9.47 Å². The summed E-state index contributed by atoms with van der Waals surface area (Å²) in [6.45, 7) is 0. The predicted molar refractivity (Wildman–Crippen MR) is 76.0 cm³/mol. The Kier molecular flexibility index (Phi) is 4.63. The summed E-state index contributed by atoms with van der Waals surface area (Å²) in [5.41, 5.74) is 0.737. The third kappa shape index (κ3) is 2.93. The van der Waals surface area contributed by atoms with Gasteiger partial charge in [0.1, 0.15) is 5.82 Å². The predicted octanol–water partition coefficient (Wildman–Crippen LogP) is 2.10. The minimum atomic E-state index is -0.614. The van der Waals surface area contributed by atoms with Gasteiger partial charge in [-0.1, -0.05) is 12.1 Å². The number of para-hydroxylation sites is 1. The van der Waals surface area contributed by atoms with Crippen LogP contribution in [0.5, 0.6) is 11.5 Å². The molecule has 1 atom stereocenters. The molecule has 0 aliphatic rings. The van der Waals surface area contributed by atoms with Crippen LogP contribution in [0.2, 0.25) is 0 Å². The van der Waals surface area contributed by atoms with E-state index in [0.29, 0.717) is 24.3 Å². The number of nitrogens with zero attached hydrogens (tertiary/aromatic N) is 2. The van der Waals surface area contributed by atoms with E-state index in [1.54, 1.807) is 20.4 Å². The van der Waals surface area contributed by atoms with E-state index in [2.05, 4.69) is 4.98 Å². The maximum absolute atomic E-state index is 10.4. The summed E-state index contributed by atoms with van der Waals surface area (Å²) in [6, 6.07) is 5.51. The maximum Gasteiger partial charge on any atom is 0.166 e. The lowest BCUT2D eigenvalue weighted by Gasteiger charge is -2.17. The van der Waals surface area contributed by atoms with Crippen molar-refractivity contribution in [2.45, 2.75) is 18.9 Å². The summed E-state index contributed by atoms with van der Waals surface area (Å²) in [6.07, 6.45) is 4.32. The first-order valence-electron chi connectivity index (χ1n) is 6.52. The molecule has 0 saturated heterocycles. The molecular weight excluding hydrogens is 256 g/mol. The highest BCUT2D eigenvalue weighted by atomic mass is 16.5. The van der Waals surface area contributed by atoms with Gasteiger partial charge in [0, 0.05) is 31.4 Å². The molecule has 1 N–H and O–H groups in total. The SMILES string of the molecule is COc1cccc(C(O)CCc2nccn2C)c1OC. The molecule has 0 aliphatic heterocycles. The van der Waals surface area contributed by atoms with E-state index in [4.69, 9.17) is 9.47 Å². The number of hydrogen-bond acceptors (Lipinski definition) is 4. The van der Waals surface area contributed by atoms with E-state index in [9.17, 15) is 5.11 Å². The number of aryl methyl sites for hydroxylation is 2. The van der Waals surface area contributed by atoms with Crippen molar-refractivity contribution in [3.8, 4) is 11.5 Å². The van der Waals surface area contributed by atoms with Crippen LogP contribution in [0.3, 0.4) is 0 Å². The highest BCUT2D eigenvalue weighted by molar-refractivity contribution is 5.47. The van der Waals surface area contributed by atoms with Crippen LogP contribution in [0.1, 0.15) is 23.9 Å². The van der Waals surface area contributed by atoms with Gasteiger partial charge >= 0.3 is 0 Å². The van der Waals surface area contributed by atoms with E-state index < -0.39 is 6.10 Å². The molecule has 1 aromatic heterocycles. The number of methoxy groups -OCH3 is 2. The van der Waals surface area contributed by atoms with Crippen LogP contribution in [0.4, 0.5) is 0 Å². The molecule has 0 fully saturated rings. The Balaban J connectivity index is 2.13. The maximum atomic E-state index is 10.4. The number of aromatic nitrogens is 2. The smallest absolute Gasteiger partial charge is 0.166 e. The van der Waals surface area contributed by atoms with Crippen LogP contribution in [0, 0.1) is 0 Å². The molecule has 108 valence electrons. The molecule has 0 saturated carbocycles. The number of benzene rings is 1. The Morgan fingerprint density at radius 1 is 1.30 bits per heavy atom. The van der Waals surface area contributed by atoms with Gasteiger partial charge in [-0.3, -0.25) is 0 Å². The summed E-state index contributed by atoms with van der Waals surface area (Å²) < 4.78 is 12.5. The second-order valence-electron chi connectivity index (χ2n) is 4.59. The van der Waals surface area contributed by atoms with Crippen LogP contribution >= 0.6 is 0 Å². The second kappa shape index (κ2) is 6.43. The number of ether oxygens (including phenoxy) is 2. The Morgan fingerprint density at radius 3 is 2.70 bits per heavy atom. The Labute approximate surface area is 118 Å². The average molecular weight is 276 g/mol. The molecule has 0 bridgehead atoms. The normalized spacial score (nSPS) is 12.2. The summed E-state index contributed by atoms with van der Waals surface area (Å²) >= 11 is 0. The highest BCUT2D eigenvalue weighted by Crippen LogP contribution is 2.35. The zero-order chi connectivity index (χ0) is 14.5. The molecule has 0 spiro atoms. The molecule has 5 heteroatoms. The first-order chi connectivity index (χ1) is 9.67. The van der Waals surface area contributed by atoms with Gasteiger partial charge in [0.2, 0.25) is 0 Å². The average Bonchev–Trinajstić information content (AvgIpc) is 2.89. The van der Waals surface area contributed by atoms with E-state index in [0.717, 1.165) is 11.4 Å². The summed E-state index contributed by atoms with van der Waals surface area (Å²) in [7, 11) is 5.11. The van der Waals surface area contributed by atoms with Gasteiger partial charge < -0.3 is 19.1 Å². The van der Waals surface area contributed by atoms with Crippen molar-refractivity contribution in [3.05, 3.63) is 42.0 Å². The van der Waals surface area contributed by atoms with Gasteiger partial charge in [-0.15, -0.1) is 0 Å². The summed E-state index contributed by atoms with van der Waals surface area (Å²) in [5, 5.41) is 10.4. The fourth-order valence-electron chi connectivity index (χ4n) is 2.23. The van der Waals surface area contributed by atoms with E-state index in [1.807, 2.05) is 36.0 Å². The molecule has 5 nitrogen and oxygen atoms in total. The molecule has 2 rings (SSSR count). The van der Waals surface area contributed by atoms with E-state index in [-0.39, 0.29) is 0 Å². The van der Waals surface area contributed by atoms with Crippen LogP contribution in [-0.4, -0.2) is 28.9 Å². The van der Waals surface area contributed by atoms with Crippen molar-refractivity contribution < 1.29 is 14.6 Å². The topological polar surface area (TPSA) is 56.5 Å². The summed E-state index contributed by atoms with van der Waals surface area (Å²) in [5.74, 6) is 2.16.